The van der Waals surface area contributed by atoms with E-state index in [1.54, 1.807) is 0 Å². The van der Waals surface area contributed by atoms with Crippen molar-refractivity contribution in [2.24, 2.45) is 44.4 Å². The number of thiol groups is 1. The molecule has 26 heteroatoms. The van der Waals surface area contributed by atoms with Gasteiger partial charge in [-0.05, 0) is 58.4 Å². The molecule has 0 rings (SSSR count). The van der Waals surface area contributed by atoms with E-state index in [9.17, 15) is 54.0 Å². The molecule has 0 radical (unpaired) electrons. The Hall–Kier alpha value is -5.02. The Bertz CT molecular complexity index is 1380. The molecule has 0 aromatic heterocycles. The number of hydrogen-bond donors (Lipinski definition) is 17. The molecule has 6 amide bonds. The number of carbonyl (C=O) groups is 7. The van der Waals surface area contributed by atoms with Gasteiger partial charge in [-0.25, -0.2) is 4.79 Å². The van der Waals surface area contributed by atoms with Crippen molar-refractivity contribution in [2.45, 2.75) is 100 Å². The first-order valence-electron chi connectivity index (χ1n) is 17.9. The van der Waals surface area contributed by atoms with Crippen LogP contribution < -0.4 is 66.3 Å². The number of nitrogens with one attached hydrogen (secondary N) is 6. The number of carbonyl (C=O) groups excluding carboxylic acids is 6. The number of carboxylic acids is 1. The minimum absolute atomic E-state index is 0.00913. The Morgan fingerprint density at radius 2 is 0.930 bits per heavy atom. The number of aliphatic hydroxyl groups is 3. The van der Waals surface area contributed by atoms with E-state index in [0.717, 1.165) is 0 Å². The lowest BCUT2D eigenvalue weighted by Gasteiger charge is -2.27. The van der Waals surface area contributed by atoms with Crippen LogP contribution in [0.1, 0.15) is 51.9 Å². The van der Waals surface area contributed by atoms with Crippen molar-refractivity contribution in [2.75, 3.05) is 38.6 Å². The molecule has 57 heavy (non-hydrogen) atoms. The van der Waals surface area contributed by atoms with E-state index < -0.39 is 103 Å². The van der Waals surface area contributed by atoms with Crippen molar-refractivity contribution in [3.8, 4) is 0 Å². The second-order valence-corrected chi connectivity index (χ2v) is 13.1. The third-order valence-corrected chi connectivity index (χ3v) is 8.35. The highest BCUT2D eigenvalue weighted by molar-refractivity contribution is 7.80. The van der Waals surface area contributed by atoms with Gasteiger partial charge in [0.05, 0.1) is 19.3 Å². The molecule has 0 saturated carbocycles. The summed E-state index contributed by atoms with van der Waals surface area (Å²) in [5.41, 5.74) is 32.5. The standard InChI is InChI=1S/C31H60N14O11S/c1-15(48)22(33)28(54)44-20(13-47)25(51)43-19(12-46)26(52)45-21(14-57)27(53)41-16(6-2-3-9-32)23(49)40-17(7-4-10-38-30(34)35)24(50)42-18(29(55)56)8-5-11-39-31(36)37/h15-22,46-48,57H,2-14,32-33H2,1H3,(H,40,49)(H,41,53)(H,42,50)(H,43,51)(H,44,54)(H,45,52)(H,55,56)(H4,34,35,38)(H4,36,37,39)/t15-,16+,17+,18+,19+,20+,21+,22+/m1/s1. The second-order valence-electron chi connectivity index (χ2n) is 12.7. The number of hydrogen-bond acceptors (Lipinski definition) is 15. The molecule has 0 heterocycles. The number of guanidine groups is 2. The minimum atomic E-state index is -1.70. The number of unbranched alkanes of at least 4 members (excludes halogenated alkanes) is 1. The number of nitrogens with two attached hydrogens (primary N) is 6. The van der Waals surface area contributed by atoms with Gasteiger partial charge < -0.3 is 86.7 Å². The first kappa shape index (κ1) is 52.0. The molecule has 25 nitrogen and oxygen atoms in total. The van der Waals surface area contributed by atoms with Crippen LogP contribution in [0.15, 0.2) is 9.98 Å². The molecular weight excluding hydrogens is 776 g/mol. The fourth-order valence-electron chi connectivity index (χ4n) is 4.73. The van der Waals surface area contributed by atoms with E-state index >= 15 is 0 Å². The van der Waals surface area contributed by atoms with Crippen molar-refractivity contribution < 1.29 is 54.0 Å². The summed E-state index contributed by atoms with van der Waals surface area (Å²) in [6, 6.07) is -10.3. The zero-order valence-electron chi connectivity index (χ0n) is 31.8. The third-order valence-electron chi connectivity index (χ3n) is 7.99. The molecule has 0 unspecified atom stereocenters. The summed E-state index contributed by atoms with van der Waals surface area (Å²) in [5, 5.41) is 52.6. The molecule has 0 spiro atoms. The van der Waals surface area contributed by atoms with Crippen molar-refractivity contribution in [3.63, 3.8) is 0 Å². The highest BCUT2D eigenvalue weighted by atomic mass is 32.1. The predicted molar refractivity (Wildman–Crippen MR) is 210 cm³/mol. The zero-order valence-corrected chi connectivity index (χ0v) is 32.7. The maximum atomic E-state index is 13.7. The number of carboxylic acid groups (broad SMARTS) is 1. The third kappa shape index (κ3) is 21.2. The molecule has 0 fully saturated rings. The number of aliphatic hydroxyl groups excluding tert-OH is 3. The lowest BCUT2D eigenvalue weighted by Crippen LogP contribution is -2.61. The number of amides is 6. The quantitative estimate of drug-likeness (QED) is 0.0144. The summed E-state index contributed by atoms with van der Waals surface area (Å²) in [4.78, 5) is 97.9. The summed E-state index contributed by atoms with van der Waals surface area (Å²) in [6.45, 7) is -0.311. The molecule has 0 saturated heterocycles. The van der Waals surface area contributed by atoms with Gasteiger partial charge in [0.1, 0.15) is 42.3 Å². The van der Waals surface area contributed by atoms with Gasteiger partial charge in [0.25, 0.3) is 0 Å². The normalized spacial score (nSPS) is 15.1. The molecule has 0 bridgehead atoms. The van der Waals surface area contributed by atoms with E-state index in [-0.39, 0.29) is 69.4 Å². The average Bonchev–Trinajstić information content (AvgIpc) is 3.15. The summed E-state index contributed by atoms with van der Waals surface area (Å²) in [5.74, 6) is -7.93. The van der Waals surface area contributed by atoms with Crippen LogP contribution in [0.4, 0.5) is 0 Å². The van der Waals surface area contributed by atoms with Crippen LogP contribution in [0.25, 0.3) is 0 Å². The smallest absolute Gasteiger partial charge is 0.326 e. The van der Waals surface area contributed by atoms with Crippen LogP contribution in [0, 0.1) is 0 Å². The van der Waals surface area contributed by atoms with Gasteiger partial charge >= 0.3 is 5.97 Å². The maximum absolute atomic E-state index is 13.7. The van der Waals surface area contributed by atoms with E-state index in [1.807, 2.05) is 0 Å². The Morgan fingerprint density at radius 1 is 0.579 bits per heavy atom. The fourth-order valence-corrected chi connectivity index (χ4v) is 4.98. The molecule has 0 aromatic carbocycles. The molecule has 8 atom stereocenters. The lowest BCUT2D eigenvalue weighted by atomic mass is 10.0. The average molecular weight is 837 g/mol. The number of aliphatic imine (C=N–C) groups is 2. The van der Waals surface area contributed by atoms with Crippen molar-refractivity contribution >= 4 is 66.0 Å². The van der Waals surface area contributed by atoms with Crippen LogP contribution in [-0.2, 0) is 33.6 Å². The van der Waals surface area contributed by atoms with Gasteiger partial charge in [0.2, 0.25) is 35.4 Å². The number of nitrogens with zero attached hydrogens (tertiary/aromatic N) is 2. The van der Waals surface area contributed by atoms with E-state index in [1.165, 1.54) is 6.92 Å². The van der Waals surface area contributed by atoms with Gasteiger partial charge in [0.15, 0.2) is 11.9 Å². The fraction of sp³-hybridized carbons (Fsp3) is 0.710. The van der Waals surface area contributed by atoms with Crippen molar-refractivity contribution in [3.05, 3.63) is 0 Å². The van der Waals surface area contributed by atoms with Crippen molar-refractivity contribution in [1.29, 1.82) is 0 Å². The predicted octanol–water partition coefficient (Wildman–Crippen LogP) is -8.16. The van der Waals surface area contributed by atoms with Gasteiger partial charge in [-0.3, -0.25) is 38.8 Å². The van der Waals surface area contributed by atoms with E-state index in [0.29, 0.717) is 12.8 Å². The number of aliphatic carboxylic acids is 1. The summed E-state index contributed by atoms with van der Waals surface area (Å²) in [6.07, 6.45) is -0.273. The van der Waals surface area contributed by atoms with Gasteiger partial charge in [-0.1, -0.05) is 0 Å². The Kier molecular flexibility index (Phi) is 25.9. The van der Waals surface area contributed by atoms with Gasteiger partial charge in [0, 0.05) is 18.8 Å². The Labute approximate surface area is 334 Å². The van der Waals surface area contributed by atoms with Gasteiger partial charge in [-0.15, -0.1) is 0 Å². The second kappa shape index (κ2) is 28.4. The minimum Gasteiger partial charge on any atom is -0.480 e. The molecular formula is C31H60N14O11S. The molecule has 0 aromatic rings. The molecule has 326 valence electrons. The zero-order chi connectivity index (χ0) is 43.7. The SMILES string of the molecule is C[C@@H](O)[C@H](N)C(=O)N[C@@H](CO)C(=O)N[C@@H](CO)C(=O)N[C@@H](CS)C(=O)N[C@@H](CCCCN)C(=O)N[C@@H](CCCN=C(N)N)C(=O)N[C@@H](CCCN=C(N)N)C(=O)O. The van der Waals surface area contributed by atoms with E-state index in [4.69, 9.17) is 34.4 Å². The molecule has 0 aliphatic heterocycles. The summed E-state index contributed by atoms with van der Waals surface area (Å²) < 4.78 is 0. The Morgan fingerprint density at radius 3 is 1.32 bits per heavy atom. The van der Waals surface area contributed by atoms with Crippen LogP contribution in [-0.4, -0.2) is 161 Å². The maximum Gasteiger partial charge on any atom is 0.326 e. The molecule has 0 aliphatic rings. The van der Waals surface area contributed by atoms with Crippen LogP contribution in [0.2, 0.25) is 0 Å². The summed E-state index contributed by atoms with van der Waals surface area (Å²) >= 11 is 4.11. The van der Waals surface area contributed by atoms with Gasteiger partial charge in [-0.2, -0.15) is 12.6 Å². The Balaban J connectivity index is 6.04. The lowest BCUT2D eigenvalue weighted by molar-refractivity contribution is -0.142. The first-order valence-corrected chi connectivity index (χ1v) is 18.6. The summed E-state index contributed by atoms with van der Waals surface area (Å²) in [7, 11) is 0. The van der Waals surface area contributed by atoms with Crippen LogP contribution in [0.5, 0.6) is 0 Å². The number of rotatable bonds is 29. The first-order chi connectivity index (χ1) is 26.8. The molecule has 0 aliphatic carbocycles. The highest BCUT2D eigenvalue weighted by Crippen LogP contribution is 2.07. The molecule has 22 N–H and O–H groups in total. The highest BCUT2D eigenvalue weighted by Gasteiger charge is 2.33. The topological polar surface area (TPSA) is 453 Å². The van der Waals surface area contributed by atoms with Crippen LogP contribution >= 0.6 is 12.6 Å². The largest absolute Gasteiger partial charge is 0.480 e. The van der Waals surface area contributed by atoms with Crippen molar-refractivity contribution in [1.82, 2.24) is 31.9 Å². The van der Waals surface area contributed by atoms with Crippen LogP contribution in [0.3, 0.4) is 0 Å². The monoisotopic (exact) mass is 836 g/mol. The van der Waals surface area contributed by atoms with E-state index in [2.05, 4.69) is 54.5 Å².